The molecule has 2 bridgehead atoms. The standard InChI is InChI=1S/C19H31NO3/c1-13(21)20-18-14(11-15-12-16(18)19(15,2)3)9-7-5-6-8-10-17(22)23-4/h5,7,14-16,18H,6,8-12H2,1-4H3,(H,20,21)/b7-5-/t14-,15+,16+,18+/m0/s1. The van der Waals surface area contributed by atoms with Crippen LogP contribution in [0.5, 0.6) is 0 Å². The van der Waals surface area contributed by atoms with Gasteiger partial charge in [-0.05, 0) is 55.3 Å². The van der Waals surface area contributed by atoms with Crippen molar-refractivity contribution in [3.8, 4) is 0 Å². The van der Waals surface area contributed by atoms with Crippen LogP contribution in [0.25, 0.3) is 0 Å². The molecule has 1 amide bonds. The molecule has 3 fully saturated rings. The van der Waals surface area contributed by atoms with Crippen molar-refractivity contribution in [2.75, 3.05) is 7.11 Å². The Morgan fingerprint density at radius 3 is 2.61 bits per heavy atom. The highest BCUT2D eigenvalue weighted by atomic mass is 16.5. The molecule has 3 aliphatic rings. The van der Waals surface area contributed by atoms with Gasteiger partial charge in [0.25, 0.3) is 0 Å². The highest BCUT2D eigenvalue weighted by Crippen LogP contribution is 2.61. The lowest BCUT2D eigenvalue weighted by Gasteiger charge is -2.62. The molecule has 4 nitrogen and oxygen atoms in total. The number of hydrogen-bond acceptors (Lipinski definition) is 3. The van der Waals surface area contributed by atoms with Crippen LogP contribution in [0.2, 0.25) is 0 Å². The first-order valence-electron chi connectivity index (χ1n) is 8.85. The van der Waals surface area contributed by atoms with Gasteiger partial charge in [-0.1, -0.05) is 26.0 Å². The van der Waals surface area contributed by atoms with Gasteiger partial charge < -0.3 is 10.1 Å². The lowest BCUT2D eigenvalue weighted by Crippen LogP contribution is -2.63. The highest BCUT2D eigenvalue weighted by molar-refractivity contribution is 5.73. The zero-order chi connectivity index (χ0) is 17.0. The molecule has 3 aliphatic carbocycles. The molecule has 0 spiro atoms. The van der Waals surface area contributed by atoms with Gasteiger partial charge in [-0.2, -0.15) is 0 Å². The maximum Gasteiger partial charge on any atom is 0.305 e. The first-order chi connectivity index (χ1) is 10.9. The third kappa shape index (κ3) is 4.15. The van der Waals surface area contributed by atoms with E-state index in [4.69, 9.17) is 0 Å². The van der Waals surface area contributed by atoms with Gasteiger partial charge in [-0.3, -0.25) is 9.59 Å². The zero-order valence-corrected chi connectivity index (χ0v) is 14.9. The molecule has 4 atom stereocenters. The average molecular weight is 321 g/mol. The Balaban J connectivity index is 1.81. The van der Waals surface area contributed by atoms with Gasteiger partial charge in [0.2, 0.25) is 5.91 Å². The van der Waals surface area contributed by atoms with E-state index in [2.05, 4.69) is 36.1 Å². The normalized spacial score (nSPS) is 31.5. The number of hydrogen-bond donors (Lipinski definition) is 1. The Kier molecular flexibility index (Phi) is 5.88. The van der Waals surface area contributed by atoms with Crippen molar-refractivity contribution >= 4 is 11.9 Å². The predicted octanol–water partition coefficient (Wildman–Crippen LogP) is 3.46. The fraction of sp³-hybridized carbons (Fsp3) is 0.789. The Hall–Kier alpha value is -1.32. The number of fused-ring (bicyclic) bond motifs is 2. The quantitative estimate of drug-likeness (QED) is 0.444. The largest absolute Gasteiger partial charge is 0.469 e. The van der Waals surface area contributed by atoms with Crippen molar-refractivity contribution in [3.63, 3.8) is 0 Å². The smallest absolute Gasteiger partial charge is 0.305 e. The molecular formula is C19H31NO3. The van der Waals surface area contributed by atoms with E-state index in [0.717, 1.165) is 25.2 Å². The third-order valence-electron chi connectivity index (χ3n) is 6.03. The van der Waals surface area contributed by atoms with Crippen molar-refractivity contribution in [3.05, 3.63) is 12.2 Å². The number of rotatable bonds is 7. The Morgan fingerprint density at radius 1 is 1.26 bits per heavy atom. The lowest BCUT2D eigenvalue weighted by atomic mass is 9.44. The van der Waals surface area contributed by atoms with E-state index in [1.165, 1.54) is 20.0 Å². The van der Waals surface area contributed by atoms with Gasteiger partial charge >= 0.3 is 5.97 Å². The number of carbonyl (C=O) groups excluding carboxylic acids is 2. The number of esters is 1. The summed E-state index contributed by atoms with van der Waals surface area (Å²) in [5.74, 6) is 1.91. The van der Waals surface area contributed by atoms with Gasteiger partial charge in [-0.15, -0.1) is 0 Å². The van der Waals surface area contributed by atoms with Gasteiger partial charge in [0.05, 0.1) is 7.11 Å². The molecule has 4 heteroatoms. The fourth-order valence-electron chi connectivity index (χ4n) is 4.46. The molecular weight excluding hydrogens is 290 g/mol. The fourth-order valence-corrected chi connectivity index (χ4v) is 4.46. The molecule has 1 N–H and O–H groups in total. The van der Waals surface area contributed by atoms with Crippen LogP contribution in [-0.2, 0) is 14.3 Å². The van der Waals surface area contributed by atoms with Crippen molar-refractivity contribution < 1.29 is 14.3 Å². The molecule has 0 aromatic heterocycles. The Labute approximate surface area is 140 Å². The minimum absolute atomic E-state index is 0.0863. The number of amides is 1. The number of ether oxygens (including phenoxy) is 1. The van der Waals surface area contributed by atoms with E-state index in [-0.39, 0.29) is 11.9 Å². The monoisotopic (exact) mass is 321 g/mol. The molecule has 0 aromatic rings. The summed E-state index contributed by atoms with van der Waals surface area (Å²) in [4.78, 5) is 22.6. The average Bonchev–Trinajstić information content (AvgIpc) is 2.50. The van der Waals surface area contributed by atoms with E-state index >= 15 is 0 Å². The maximum atomic E-state index is 11.6. The highest BCUT2D eigenvalue weighted by Gasteiger charge is 2.57. The Morgan fingerprint density at radius 2 is 2.00 bits per heavy atom. The summed E-state index contributed by atoms with van der Waals surface area (Å²) in [6, 6.07) is 0.312. The minimum atomic E-state index is -0.140. The molecule has 23 heavy (non-hydrogen) atoms. The van der Waals surface area contributed by atoms with Crippen molar-refractivity contribution in [1.82, 2.24) is 5.32 Å². The number of carbonyl (C=O) groups is 2. The number of nitrogens with one attached hydrogen (secondary N) is 1. The van der Waals surface area contributed by atoms with E-state index in [0.29, 0.717) is 29.7 Å². The van der Waals surface area contributed by atoms with Crippen LogP contribution in [0.1, 0.15) is 59.3 Å². The molecule has 130 valence electrons. The van der Waals surface area contributed by atoms with E-state index in [1.807, 2.05) is 0 Å². The van der Waals surface area contributed by atoms with Crippen molar-refractivity contribution in [1.29, 1.82) is 0 Å². The van der Waals surface area contributed by atoms with Crippen LogP contribution in [0.3, 0.4) is 0 Å². The number of unbranched alkanes of at least 4 members (excludes halogenated alkanes) is 1. The topological polar surface area (TPSA) is 55.4 Å². The van der Waals surface area contributed by atoms with E-state index in [9.17, 15) is 9.59 Å². The molecule has 0 unspecified atom stereocenters. The van der Waals surface area contributed by atoms with Gasteiger partial charge in [0.1, 0.15) is 0 Å². The van der Waals surface area contributed by atoms with Crippen LogP contribution in [0, 0.1) is 23.2 Å². The molecule has 0 aliphatic heterocycles. The predicted molar refractivity (Wildman–Crippen MR) is 90.7 cm³/mol. The second kappa shape index (κ2) is 7.50. The third-order valence-corrected chi connectivity index (χ3v) is 6.03. The van der Waals surface area contributed by atoms with Crippen LogP contribution in [0.15, 0.2) is 12.2 Å². The van der Waals surface area contributed by atoms with Crippen LogP contribution in [0.4, 0.5) is 0 Å². The lowest BCUT2D eigenvalue weighted by molar-refractivity contribution is -0.140. The summed E-state index contributed by atoms with van der Waals surface area (Å²) in [5.41, 5.74) is 0.369. The summed E-state index contributed by atoms with van der Waals surface area (Å²) in [7, 11) is 1.43. The first-order valence-corrected chi connectivity index (χ1v) is 8.85. The zero-order valence-electron chi connectivity index (χ0n) is 14.9. The summed E-state index contributed by atoms with van der Waals surface area (Å²) >= 11 is 0. The van der Waals surface area contributed by atoms with Gasteiger partial charge in [0.15, 0.2) is 0 Å². The molecule has 0 radical (unpaired) electrons. The van der Waals surface area contributed by atoms with Gasteiger partial charge in [-0.25, -0.2) is 0 Å². The number of methoxy groups -OCH3 is 1. The molecule has 0 saturated heterocycles. The summed E-state index contributed by atoms with van der Waals surface area (Å²) in [5, 5.41) is 3.22. The van der Waals surface area contributed by atoms with Gasteiger partial charge in [0, 0.05) is 19.4 Å². The summed E-state index contributed by atoms with van der Waals surface area (Å²) in [6.45, 7) is 6.32. The first kappa shape index (κ1) is 18.0. The van der Waals surface area contributed by atoms with Crippen LogP contribution >= 0.6 is 0 Å². The molecule has 3 saturated carbocycles. The minimum Gasteiger partial charge on any atom is -0.469 e. The maximum absolute atomic E-state index is 11.6. The second-order valence-electron chi connectivity index (χ2n) is 7.76. The molecule has 0 aromatic carbocycles. The van der Waals surface area contributed by atoms with E-state index in [1.54, 1.807) is 6.92 Å². The van der Waals surface area contributed by atoms with E-state index < -0.39 is 0 Å². The van der Waals surface area contributed by atoms with Crippen LogP contribution in [-0.4, -0.2) is 25.0 Å². The molecule has 0 heterocycles. The number of allylic oxidation sites excluding steroid dienone is 2. The summed E-state index contributed by atoms with van der Waals surface area (Å²) in [6.07, 6.45) is 10.1. The van der Waals surface area contributed by atoms with Crippen molar-refractivity contribution in [2.45, 2.75) is 65.3 Å². The SMILES string of the molecule is COC(=O)CCC/C=C\C[C@H]1C[C@@H]2C[C@H]([C@@H]1NC(C)=O)C2(C)C. The second-order valence-corrected chi connectivity index (χ2v) is 7.76. The van der Waals surface area contributed by atoms with Crippen molar-refractivity contribution in [2.24, 2.45) is 23.2 Å². The summed E-state index contributed by atoms with van der Waals surface area (Å²) < 4.78 is 4.64. The van der Waals surface area contributed by atoms with Crippen LogP contribution < -0.4 is 5.32 Å². The molecule has 3 rings (SSSR count). The Bertz CT molecular complexity index is 469.